The molecular weight excluding hydrogens is 216 g/mol. The van der Waals surface area contributed by atoms with Crippen LogP contribution >= 0.6 is 0 Å². The van der Waals surface area contributed by atoms with Crippen molar-refractivity contribution in [3.63, 3.8) is 0 Å². The highest BCUT2D eigenvalue weighted by Gasteiger charge is 2.17. The zero-order valence-electron chi connectivity index (χ0n) is 10.0. The van der Waals surface area contributed by atoms with Crippen LogP contribution in [-0.2, 0) is 0 Å². The molecule has 1 heterocycles. The third kappa shape index (κ3) is 2.61. The van der Waals surface area contributed by atoms with E-state index in [0.717, 1.165) is 37.6 Å². The zero-order valence-corrected chi connectivity index (χ0v) is 10.0. The molecule has 0 aliphatic carbocycles. The first-order chi connectivity index (χ1) is 8.20. The lowest BCUT2D eigenvalue weighted by molar-refractivity contribution is 0.379. The number of nitrogens with one attached hydrogen (secondary N) is 1. The molecule has 1 aromatic rings. The van der Waals surface area contributed by atoms with Crippen LogP contribution in [0.25, 0.3) is 0 Å². The maximum atomic E-state index is 7.39. The van der Waals surface area contributed by atoms with E-state index >= 15 is 0 Å². The van der Waals surface area contributed by atoms with Gasteiger partial charge in [-0.2, -0.15) is 0 Å². The van der Waals surface area contributed by atoms with E-state index in [1.165, 1.54) is 0 Å². The maximum absolute atomic E-state index is 7.39. The fourth-order valence-electron chi connectivity index (χ4n) is 2.01. The second-order valence-electron chi connectivity index (χ2n) is 4.06. The number of hydrogen-bond donors (Lipinski definition) is 2. The molecular formula is C12H18N4O. The van der Waals surface area contributed by atoms with Crippen molar-refractivity contribution in [3.05, 3.63) is 24.3 Å². The number of guanidine groups is 1. The summed E-state index contributed by atoms with van der Waals surface area (Å²) >= 11 is 0. The van der Waals surface area contributed by atoms with Gasteiger partial charge in [0.05, 0.1) is 7.11 Å². The molecule has 2 rings (SSSR count). The normalized spacial score (nSPS) is 15.8. The van der Waals surface area contributed by atoms with Gasteiger partial charge in [-0.1, -0.05) is 6.07 Å². The van der Waals surface area contributed by atoms with Crippen molar-refractivity contribution in [3.8, 4) is 5.75 Å². The van der Waals surface area contributed by atoms with Gasteiger partial charge >= 0.3 is 0 Å². The number of ether oxygens (including phenoxy) is 1. The highest BCUT2D eigenvalue weighted by Crippen LogP contribution is 2.21. The largest absolute Gasteiger partial charge is 0.497 e. The van der Waals surface area contributed by atoms with Crippen molar-refractivity contribution < 1.29 is 4.74 Å². The number of hydrogen-bond acceptors (Lipinski definition) is 3. The Balaban J connectivity index is 2.02. The lowest BCUT2D eigenvalue weighted by Gasteiger charge is -2.36. The highest BCUT2D eigenvalue weighted by atomic mass is 16.5. The molecule has 1 aromatic carbocycles. The number of nitrogens with zero attached hydrogens (tertiary/aromatic N) is 2. The number of rotatable bonds is 2. The second-order valence-corrected chi connectivity index (χ2v) is 4.06. The van der Waals surface area contributed by atoms with Crippen LogP contribution in [0.5, 0.6) is 5.75 Å². The summed E-state index contributed by atoms with van der Waals surface area (Å²) in [5, 5.41) is 7.39. The first-order valence-corrected chi connectivity index (χ1v) is 5.68. The third-order valence-corrected chi connectivity index (χ3v) is 3.04. The van der Waals surface area contributed by atoms with E-state index in [1.54, 1.807) is 7.11 Å². The van der Waals surface area contributed by atoms with Crippen molar-refractivity contribution in [1.82, 2.24) is 4.90 Å². The number of anilines is 1. The van der Waals surface area contributed by atoms with E-state index in [9.17, 15) is 0 Å². The van der Waals surface area contributed by atoms with Crippen LogP contribution in [0.4, 0.5) is 5.69 Å². The summed E-state index contributed by atoms with van der Waals surface area (Å²) in [6, 6.07) is 8.04. The average Bonchev–Trinajstić information content (AvgIpc) is 2.39. The summed E-state index contributed by atoms with van der Waals surface area (Å²) in [7, 11) is 1.67. The minimum atomic E-state index is 0.162. The Morgan fingerprint density at radius 1 is 1.29 bits per heavy atom. The van der Waals surface area contributed by atoms with Crippen LogP contribution in [-0.4, -0.2) is 44.1 Å². The van der Waals surface area contributed by atoms with Gasteiger partial charge < -0.3 is 20.3 Å². The minimum absolute atomic E-state index is 0.162. The lowest BCUT2D eigenvalue weighted by Crippen LogP contribution is -2.50. The predicted molar refractivity (Wildman–Crippen MR) is 68.7 cm³/mol. The van der Waals surface area contributed by atoms with Gasteiger partial charge in [0.2, 0.25) is 0 Å². The van der Waals surface area contributed by atoms with E-state index in [2.05, 4.69) is 11.0 Å². The van der Waals surface area contributed by atoms with Gasteiger partial charge in [-0.15, -0.1) is 0 Å². The molecule has 0 atom stereocenters. The smallest absolute Gasteiger partial charge is 0.188 e. The van der Waals surface area contributed by atoms with E-state index in [-0.39, 0.29) is 5.96 Å². The number of benzene rings is 1. The van der Waals surface area contributed by atoms with E-state index in [1.807, 2.05) is 23.1 Å². The Hall–Kier alpha value is -1.91. The molecule has 5 nitrogen and oxygen atoms in total. The molecule has 3 N–H and O–H groups in total. The molecule has 0 unspecified atom stereocenters. The van der Waals surface area contributed by atoms with Crippen LogP contribution in [0.15, 0.2) is 24.3 Å². The van der Waals surface area contributed by atoms with Crippen LogP contribution < -0.4 is 15.4 Å². The Morgan fingerprint density at radius 3 is 2.59 bits per heavy atom. The molecule has 92 valence electrons. The van der Waals surface area contributed by atoms with Crippen molar-refractivity contribution in [2.24, 2.45) is 5.73 Å². The molecule has 5 heteroatoms. The van der Waals surface area contributed by atoms with Crippen molar-refractivity contribution >= 4 is 11.6 Å². The molecule has 0 bridgehead atoms. The fraction of sp³-hybridized carbons (Fsp3) is 0.417. The Bertz CT molecular complexity index is 399. The van der Waals surface area contributed by atoms with Crippen LogP contribution in [0, 0.1) is 5.41 Å². The standard InChI is InChI=1S/C12H18N4O/c1-17-11-4-2-3-10(9-11)15-5-7-16(8-6-15)12(13)14/h2-4,9H,5-8H2,1H3,(H3,13,14). The Kier molecular flexibility index (Phi) is 3.37. The monoisotopic (exact) mass is 234 g/mol. The van der Waals surface area contributed by atoms with E-state index in [0.29, 0.717) is 0 Å². The quantitative estimate of drug-likeness (QED) is 0.584. The van der Waals surface area contributed by atoms with Crippen molar-refractivity contribution in [2.75, 3.05) is 38.2 Å². The first-order valence-electron chi connectivity index (χ1n) is 5.68. The van der Waals surface area contributed by atoms with Gasteiger partial charge in [0.15, 0.2) is 5.96 Å². The number of piperazine rings is 1. The van der Waals surface area contributed by atoms with E-state index < -0.39 is 0 Å². The molecule has 0 saturated carbocycles. The summed E-state index contributed by atoms with van der Waals surface area (Å²) in [5.74, 6) is 1.03. The molecule has 0 radical (unpaired) electrons. The van der Waals surface area contributed by atoms with Gasteiger partial charge in [0, 0.05) is 37.9 Å². The molecule has 1 aliphatic heterocycles. The molecule has 0 amide bonds. The van der Waals surface area contributed by atoms with Gasteiger partial charge in [-0.25, -0.2) is 0 Å². The third-order valence-electron chi connectivity index (χ3n) is 3.04. The molecule has 0 aromatic heterocycles. The van der Waals surface area contributed by atoms with E-state index in [4.69, 9.17) is 15.9 Å². The summed E-state index contributed by atoms with van der Waals surface area (Å²) in [4.78, 5) is 4.17. The summed E-state index contributed by atoms with van der Waals surface area (Å²) < 4.78 is 5.21. The zero-order chi connectivity index (χ0) is 12.3. The number of nitrogens with two attached hydrogens (primary N) is 1. The molecule has 1 fully saturated rings. The highest BCUT2D eigenvalue weighted by molar-refractivity contribution is 5.75. The van der Waals surface area contributed by atoms with Gasteiger partial charge in [-0.05, 0) is 12.1 Å². The molecule has 17 heavy (non-hydrogen) atoms. The second kappa shape index (κ2) is 4.95. The lowest BCUT2D eigenvalue weighted by atomic mass is 10.2. The van der Waals surface area contributed by atoms with Crippen LogP contribution in [0.3, 0.4) is 0 Å². The topological polar surface area (TPSA) is 65.6 Å². The molecule has 1 aliphatic rings. The maximum Gasteiger partial charge on any atom is 0.188 e. The van der Waals surface area contributed by atoms with Gasteiger partial charge in [-0.3, -0.25) is 5.41 Å². The van der Waals surface area contributed by atoms with Crippen molar-refractivity contribution in [1.29, 1.82) is 5.41 Å². The van der Waals surface area contributed by atoms with Gasteiger partial charge in [0.25, 0.3) is 0 Å². The molecule has 1 saturated heterocycles. The minimum Gasteiger partial charge on any atom is -0.497 e. The SMILES string of the molecule is COc1cccc(N2CCN(C(=N)N)CC2)c1. The fourth-order valence-corrected chi connectivity index (χ4v) is 2.01. The Labute approximate surface area is 101 Å². The predicted octanol–water partition coefficient (Wildman–Crippen LogP) is 0.711. The van der Waals surface area contributed by atoms with Crippen LogP contribution in [0.2, 0.25) is 0 Å². The molecule has 0 spiro atoms. The first kappa shape index (κ1) is 11.6. The number of methoxy groups -OCH3 is 1. The van der Waals surface area contributed by atoms with Gasteiger partial charge in [0.1, 0.15) is 5.75 Å². The average molecular weight is 234 g/mol. The van der Waals surface area contributed by atoms with Crippen LogP contribution in [0.1, 0.15) is 0 Å². The summed E-state index contributed by atoms with van der Waals surface area (Å²) in [6.45, 7) is 3.36. The van der Waals surface area contributed by atoms with Crippen molar-refractivity contribution in [2.45, 2.75) is 0 Å². The summed E-state index contributed by atoms with van der Waals surface area (Å²) in [6.07, 6.45) is 0. The Morgan fingerprint density at radius 2 is 2.00 bits per heavy atom. The summed E-state index contributed by atoms with van der Waals surface area (Å²) in [5.41, 5.74) is 6.63.